The van der Waals surface area contributed by atoms with Crippen LogP contribution in [0.15, 0.2) is 41.5 Å². The minimum Gasteiger partial charge on any atom is -0.357 e. The van der Waals surface area contributed by atoms with Gasteiger partial charge in [-0.25, -0.2) is 9.07 Å². The van der Waals surface area contributed by atoms with E-state index in [1.54, 1.807) is 16.8 Å². The van der Waals surface area contributed by atoms with Gasteiger partial charge in [-0.05, 0) is 55.9 Å². The minimum atomic E-state index is -0.240. The van der Waals surface area contributed by atoms with Crippen molar-refractivity contribution < 1.29 is 4.39 Å². The van der Waals surface area contributed by atoms with Gasteiger partial charge in [-0.1, -0.05) is 0 Å². The van der Waals surface area contributed by atoms with Crippen molar-refractivity contribution in [2.24, 2.45) is 4.99 Å². The highest BCUT2D eigenvalue weighted by Gasteiger charge is 2.14. The smallest absolute Gasteiger partial charge is 0.191 e. The Hall–Kier alpha value is -2.02. The van der Waals surface area contributed by atoms with Gasteiger partial charge < -0.3 is 10.6 Å². The third-order valence-electron chi connectivity index (χ3n) is 4.22. The summed E-state index contributed by atoms with van der Waals surface area (Å²) in [4.78, 5) is 4.68. The summed E-state index contributed by atoms with van der Waals surface area (Å²) >= 11 is 2.00. The molecule has 1 unspecified atom stereocenters. The monoisotopic (exact) mass is 375 g/mol. The molecule has 140 valence electrons. The van der Waals surface area contributed by atoms with E-state index in [2.05, 4.69) is 27.6 Å². The molecule has 1 aliphatic heterocycles. The molecule has 0 saturated carbocycles. The summed E-state index contributed by atoms with van der Waals surface area (Å²) in [6.07, 6.45) is 5.14. The molecule has 1 fully saturated rings. The van der Waals surface area contributed by atoms with Crippen LogP contribution in [0.25, 0.3) is 5.69 Å². The van der Waals surface area contributed by atoms with Gasteiger partial charge in [0, 0.05) is 37.5 Å². The predicted octanol–water partition coefficient (Wildman–Crippen LogP) is 3.00. The van der Waals surface area contributed by atoms with Crippen molar-refractivity contribution in [3.63, 3.8) is 0 Å². The van der Waals surface area contributed by atoms with Crippen LogP contribution in [0.5, 0.6) is 0 Å². The van der Waals surface area contributed by atoms with Crippen LogP contribution in [-0.2, 0) is 6.42 Å². The quantitative estimate of drug-likeness (QED) is 0.602. The number of benzene rings is 1. The summed E-state index contributed by atoms with van der Waals surface area (Å²) in [6, 6.07) is 8.82. The Bertz CT molecular complexity index is 707. The van der Waals surface area contributed by atoms with Crippen LogP contribution < -0.4 is 10.6 Å². The Morgan fingerprint density at radius 1 is 1.35 bits per heavy atom. The van der Waals surface area contributed by atoms with Crippen molar-refractivity contribution in [3.05, 3.63) is 48.0 Å². The van der Waals surface area contributed by atoms with E-state index >= 15 is 0 Å². The number of aromatic nitrogens is 2. The summed E-state index contributed by atoms with van der Waals surface area (Å²) < 4.78 is 14.8. The maximum Gasteiger partial charge on any atom is 0.191 e. The van der Waals surface area contributed by atoms with Gasteiger partial charge in [0.15, 0.2) is 5.96 Å². The second kappa shape index (κ2) is 9.62. The molecular formula is C19H26FN5S. The lowest BCUT2D eigenvalue weighted by Crippen LogP contribution is -2.45. The van der Waals surface area contributed by atoms with Gasteiger partial charge in [-0.3, -0.25) is 4.99 Å². The number of thioether (sulfide) groups is 1. The maximum atomic E-state index is 13.0. The first-order valence-corrected chi connectivity index (χ1v) is 10.3. The molecule has 26 heavy (non-hydrogen) atoms. The number of nitrogens with zero attached hydrogens (tertiary/aromatic N) is 3. The largest absolute Gasteiger partial charge is 0.357 e. The molecule has 1 atom stereocenters. The molecule has 1 saturated heterocycles. The van der Waals surface area contributed by atoms with Gasteiger partial charge in [0.25, 0.3) is 0 Å². The van der Waals surface area contributed by atoms with E-state index in [0.29, 0.717) is 12.6 Å². The molecule has 1 aromatic carbocycles. The Morgan fingerprint density at radius 2 is 2.19 bits per heavy atom. The number of halogens is 1. The van der Waals surface area contributed by atoms with Gasteiger partial charge in [-0.2, -0.15) is 16.9 Å². The molecular weight excluding hydrogens is 349 g/mol. The first-order valence-electron chi connectivity index (χ1n) is 9.17. The number of hydrogen-bond donors (Lipinski definition) is 2. The lowest BCUT2D eigenvalue weighted by molar-refractivity contribution is 0.582. The van der Waals surface area contributed by atoms with Crippen LogP contribution in [0.1, 0.15) is 25.5 Å². The zero-order valence-corrected chi connectivity index (χ0v) is 15.9. The van der Waals surface area contributed by atoms with E-state index in [9.17, 15) is 4.39 Å². The molecule has 1 aliphatic rings. The van der Waals surface area contributed by atoms with Crippen molar-refractivity contribution in [1.29, 1.82) is 0 Å². The van der Waals surface area contributed by atoms with Gasteiger partial charge in [0.1, 0.15) is 5.82 Å². The molecule has 3 rings (SSSR count). The van der Waals surface area contributed by atoms with Crippen LogP contribution in [0.3, 0.4) is 0 Å². The number of hydrogen-bond acceptors (Lipinski definition) is 3. The van der Waals surface area contributed by atoms with Crippen LogP contribution in [0.2, 0.25) is 0 Å². The second-order valence-electron chi connectivity index (χ2n) is 6.30. The average Bonchev–Trinajstić information content (AvgIpc) is 3.12. The molecule has 0 amide bonds. The van der Waals surface area contributed by atoms with Crippen molar-refractivity contribution in [3.8, 4) is 5.69 Å². The fourth-order valence-electron chi connectivity index (χ4n) is 2.88. The van der Waals surface area contributed by atoms with E-state index in [1.165, 1.54) is 30.7 Å². The molecule has 0 aliphatic carbocycles. The van der Waals surface area contributed by atoms with Gasteiger partial charge >= 0.3 is 0 Å². The molecule has 0 radical (unpaired) electrons. The van der Waals surface area contributed by atoms with E-state index in [-0.39, 0.29) is 5.82 Å². The number of rotatable bonds is 6. The third-order valence-corrected chi connectivity index (χ3v) is 5.43. The zero-order valence-electron chi connectivity index (χ0n) is 15.1. The minimum absolute atomic E-state index is 0.240. The lowest BCUT2D eigenvalue weighted by Gasteiger charge is -2.24. The van der Waals surface area contributed by atoms with Gasteiger partial charge in [0.2, 0.25) is 0 Å². The standard InChI is InChI=1S/C19H26FN5S/c1-2-21-19(23-17-4-3-13-26-14-17)22-11-9-16-10-12-25(24-16)18-7-5-15(20)6-8-18/h5-8,10,12,17H,2-4,9,11,13-14H2,1H3,(H2,21,22,23). The number of guanidine groups is 1. The Labute approximate surface area is 158 Å². The van der Waals surface area contributed by atoms with E-state index in [4.69, 9.17) is 0 Å². The fraction of sp³-hybridized carbons (Fsp3) is 0.474. The Morgan fingerprint density at radius 3 is 2.92 bits per heavy atom. The summed E-state index contributed by atoms with van der Waals surface area (Å²) in [6.45, 7) is 3.61. The molecule has 2 heterocycles. The third kappa shape index (κ3) is 5.49. The molecule has 0 spiro atoms. The van der Waals surface area contributed by atoms with E-state index < -0.39 is 0 Å². The number of nitrogens with one attached hydrogen (secondary N) is 2. The van der Waals surface area contributed by atoms with E-state index in [1.807, 2.05) is 24.0 Å². The summed E-state index contributed by atoms with van der Waals surface area (Å²) in [5, 5.41) is 11.4. The summed E-state index contributed by atoms with van der Waals surface area (Å²) in [5.74, 6) is 3.06. The van der Waals surface area contributed by atoms with Crippen LogP contribution >= 0.6 is 11.8 Å². The van der Waals surface area contributed by atoms with Crippen molar-refractivity contribution in [2.75, 3.05) is 24.6 Å². The van der Waals surface area contributed by atoms with Crippen LogP contribution in [0, 0.1) is 5.82 Å². The molecule has 2 N–H and O–H groups in total. The highest BCUT2D eigenvalue weighted by molar-refractivity contribution is 7.99. The predicted molar refractivity (Wildman–Crippen MR) is 107 cm³/mol. The van der Waals surface area contributed by atoms with Crippen molar-refractivity contribution in [1.82, 2.24) is 20.4 Å². The Kier molecular flexibility index (Phi) is 6.94. The lowest BCUT2D eigenvalue weighted by atomic mass is 10.2. The topological polar surface area (TPSA) is 54.2 Å². The van der Waals surface area contributed by atoms with Gasteiger partial charge in [0.05, 0.1) is 11.4 Å². The molecule has 5 nitrogen and oxygen atoms in total. The van der Waals surface area contributed by atoms with Crippen LogP contribution in [0.4, 0.5) is 4.39 Å². The zero-order chi connectivity index (χ0) is 18.2. The highest BCUT2D eigenvalue weighted by atomic mass is 32.2. The maximum absolute atomic E-state index is 13.0. The SMILES string of the molecule is CCNC(=NCCc1ccn(-c2ccc(F)cc2)n1)NC1CCCSC1. The first kappa shape index (κ1) is 18.8. The summed E-state index contributed by atoms with van der Waals surface area (Å²) in [5.41, 5.74) is 1.83. The molecule has 0 bridgehead atoms. The van der Waals surface area contributed by atoms with Crippen LogP contribution in [-0.4, -0.2) is 46.4 Å². The highest BCUT2D eigenvalue weighted by Crippen LogP contribution is 2.16. The molecule has 2 aromatic rings. The summed E-state index contributed by atoms with van der Waals surface area (Å²) in [7, 11) is 0. The Balaban J connectivity index is 1.54. The average molecular weight is 376 g/mol. The number of aliphatic imine (C=N–C) groups is 1. The second-order valence-corrected chi connectivity index (χ2v) is 7.45. The van der Waals surface area contributed by atoms with E-state index in [0.717, 1.165) is 36.1 Å². The van der Waals surface area contributed by atoms with Gasteiger partial charge in [-0.15, -0.1) is 0 Å². The first-order chi connectivity index (χ1) is 12.7. The van der Waals surface area contributed by atoms with Crippen molar-refractivity contribution >= 4 is 17.7 Å². The molecule has 1 aromatic heterocycles. The fourth-order valence-corrected chi connectivity index (χ4v) is 3.95. The van der Waals surface area contributed by atoms with Crippen molar-refractivity contribution in [2.45, 2.75) is 32.2 Å². The molecule has 7 heteroatoms. The normalized spacial score (nSPS) is 17.9.